The molecule has 124 valence electrons. The van der Waals surface area contributed by atoms with Gasteiger partial charge in [0, 0.05) is 11.9 Å². The van der Waals surface area contributed by atoms with E-state index >= 15 is 0 Å². The minimum atomic E-state index is -1.31. The normalized spacial score (nSPS) is 10.3. The summed E-state index contributed by atoms with van der Waals surface area (Å²) >= 11 is 11.9. The van der Waals surface area contributed by atoms with Crippen molar-refractivity contribution < 1.29 is 24.6 Å². The van der Waals surface area contributed by atoms with Crippen LogP contribution in [0.4, 0.5) is 11.4 Å². The van der Waals surface area contributed by atoms with E-state index in [1.54, 1.807) is 0 Å². The van der Waals surface area contributed by atoms with Crippen LogP contribution in [0.2, 0.25) is 10.0 Å². The highest BCUT2D eigenvalue weighted by Gasteiger charge is 2.24. The maximum absolute atomic E-state index is 12.1. The lowest BCUT2D eigenvalue weighted by atomic mass is 10.1. The summed E-state index contributed by atoms with van der Waals surface area (Å²) in [5.74, 6) is -3.10. The van der Waals surface area contributed by atoms with Crippen molar-refractivity contribution >= 4 is 52.4 Å². The number of halogens is 2. The van der Waals surface area contributed by atoms with E-state index in [9.17, 15) is 19.5 Å². The van der Waals surface area contributed by atoms with Gasteiger partial charge in [-0.25, -0.2) is 9.59 Å². The van der Waals surface area contributed by atoms with Crippen molar-refractivity contribution in [3.63, 3.8) is 0 Å². The van der Waals surface area contributed by atoms with Crippen LogP contribution in [-0.4, -0.2) is 28.1 Å². The van der Waals surface area contributed by atoms with Crippen molar-refractivity contribution in [3.05, 3.63) is 57.6 Å². The molecule has 0 radical (unpaired) electrons. The van der Waals surface area contributed by atoms with Gasteiger partial charge in [-0.3, -0.25) is 9.69 Å². The van der Waals surface area contributed by atoms with Crippen molar-refractivity contribution in [2.75, 3.05) is 4.90 Å². The van der Waals surface area contributed by atoms with Crippen LogP contribution in [0, 0.1) is 0 Å². The van der Waals surface area contributed by atoms with Crippen LogP contribution in [0.3, 0.4) is 0 Å². The summed E-state index contributed by atoms with van der Waals surface area (Å²) in [6.45, 7) is 1.21. The topological polar surface area (TPSA) is 94.9 Å². The van der Waals surface area contributed by atoms with E-state index in [-0.39, 0.29) is 27.5 Å². The lowest BCUT2D eigenvalue weighted by molar-refractivity contribution is -0.115. The Bertz CT molecular complexity index is 850. The fraction of sp³-hybridized carbons (Fsp3) is 0.0625. The quantitative estimate of drug-likeness (QED) is 0.848. The number of aromatic carboxylic acids is 2. The molecule has 0 bridgehead atoms. The zero-order valence-electron chi connectivity index (χ0n) is 12.3. The molecule has 0 unspecified atom stereocenters. The first-order valence-electron chi connectivity index (χ1n) is 6.58. The molecule has 2 aromatic carbocycles. The summed E-state index contributed by atoms with van der Waals surface area (Å²) in [5.41, 5.74) is -0.301. The SMILES string of the molecule is CC(=O)N(c1ccc(Cl)cc1Cl)c1cc(C(=O)O)ccc1C(=O)O. The van der Waals surface area contributed by atoms with Crippen LogP contribution in [0.25, 0.3) is 0 Å². The predicted octanol–water partition coefficient (Wildman–Crippen LogP) is 4.07. The number of carbonyl (C=O) groups excluding carboxylic acids is 1. The molecule has 24 heavy (non-hydrogen) atoms. The Morgan fingerprint density at radius 3 is 2.08 bits per heavy atom. The van der Waals surface area contributed by atoms with Gasteiger partial charge >= 0.3 is 11.9 Å². The molecule has 2 N–H and O–H groups in total. The Hall–Kier alpha value is -2.57. The second-order valence-electron chi connectivity index (χ2n) is 4.79. The van der Waals surface area contributed by atoms with E-state index in [0.717, 1.165) is 23.1 Å². The number of hydrogen-bond acceptors (Lipinski definition) is 3. The number of nitrogens with zero attached hydrogens (tertiary/aromatic N) is 1. The number of anilines is 2. The predicted molar refractivity (Wildman–Crippen MR) is 89.6 cm³/mol. The molecule has 0 aliphatic heterocycles. The highest BCUT2D eigenvalue weighted by Crippen LogP contribution is 2.36. The van der Waals surface area contributed by atoms with Crippen molar-refractivity contribution in [2.24, 2.45) is 0 Å². The van der Waals surface area contributed by atoms with Crippen LogP contribution < -0.4 is 4.90 Å². The van der Waals surface area contributed by atoms with E-state index in [4.69, 9.17) is 28.3 Å². The summed E-state index contributed by atoms with van der Waals surface area (Å²) in [5, 5.41) is 18.9. The third-order valence-corrected chi connectivity index (χ3v) is 3.72. The first-order valence-corrected chi connectivity index (χ1v) is 7.34. The molecule has 2 rings (SSSR count). The molecule has 2 aromatic rings. The molecule has 0 saturated carbocycles. The van der Waals surface area contributed by atoms with Gasteiger partial charge in [-0.2, -0.15) is 0 Å². The standard InChI is InChI=1S/C16H11Cl2NO5/c1-8(20)19(13-5-3-10(17)7-12(13)18)14-6-9(15(21)22)2-4-11(14)16(23)24/h2-7H,1H3,(H,21,22)(H,23,24). The van der Waals surface area contributed by atoms with Crippen molar-refractivity contribution in [1.29, 1.82) is 0 Å². The Morgan fingerprint density at radius 1 is 0.917 bits per heavy atom. The third kappa shape index (κ3) is 3.50. The Morgan fingerprint density at radius 2 is 1.58 bits per heavy atom. The third-order valence-electron chi connectivity index (χ3n) is 3.18. The largest absolute Gasteiger partial charge is 0.478 e. The summed E-state index contributed by atoms with van der Waals surface area (Å²) in [6, 6.07) is 7.72. The first kappa shape index (κ1) is 17.8. The Balaban J connectivity index is 2.75. The molecule has 0 heterocycles. The van der Waals surface area contributed by atoms with Crippen LogP contribution in [0.1, 0.15) is 27.6 Å². The zero-order valence-corrected chi connectivity index (χ0v) is 13.8. The van der Waals surface area contributed by atoms with Crippen LogP contribution in [-0.2, 0) is 4.79 Å². The van der Waals surface area contributed by atoms with Crippen molar-refractivity contribution in [3.8, 4) is 0 Å². The number of carboxylic acids is 2. The highest BCUT2D eigenvalue weighted by atomic mass is 35.5. The minimum absolute atomic E-state index is 0.0980. The number of rotatable bonds is 4. The number of benzene rings is 2. The number of carbonyl (C=O) groups is 3. The zero-order chi connectivity index (χ0) is 18.0. The first-order chi connectivity index (χ1) is 11.2. The molecule has 0 aromatic heterocycles. The van der Waals surface area contributed by atoms with Gasteiger partial charge in [0.05, 0.1) is 27.5 Å². The van der Waals surface area contributed by atoms with Crippen molar-refractivity contribution in [2.45, 2.75) is 6.92 Å². The van der Waals surface area contributed by atoms with Gasteiger partial charge < -0.3 is 10.2 Å². The van der Waals surface area contributed by atoms with Gasteiger partial charge in [-0.1, -0.05) is 23.2 Å². The minimum Gasteiger partial charge on any atom is -0.478 e. The fourth-order valence-electron chi connectivity index (χ4n) is 2.16. The molecule has 0 saturated heterocycles. The molecule has 1 amide bonds. The summed E-state index contributed by atoms with van der Waals surface area (Å²) in [4.78, 5) is 35.8. The van der Waals surface area contributed by atoms with Crippen LogP contribution in [0.5, 0.6) is 0 Å². The van der Waals surface area contributed by atoms with E-state index in [0.29, 0.717) is 5.02 Å². The second kappa shape index (κ2) is 6.90. The summed E-state index contributed by atoms with van der Waals surface area (Å²) in [6.07, 6.45) is 0. The fourth-order valence-corrected chi connectivity index (χ4v) is 2.66. The maximum Gasteiger partial charge on any atom is 0.337 e. The number of hydrogen-bond donors (Lipinski definition) is 2. The molecular formula is C16H11Cl2NO5. The highest BCUT2D eigenvalue weighted by molar-refractivity contribution is 6.37. The summed E-state index contributed by atoms with van der Waals surface area (Å²) < 4.78 is 0. The molecule has 0 atom stereocenters. The second-order valence-corrected chi connectivity index (χ2v) is 5.64. The smallest absolute Gasteiger partial charge is 0.337 e. The van der Waals surface area contributed by atoms with Gasteiger partial charge in [-0.15, -0.1) is 0 Å². The molecule has 0 fully saturated rings. The number of carboxylic acid groups (broad SMARTS) is 2. The van der Waals surface area contributed by atoms with Gasteiger partial charge in [0.1, 0.15) is 0 Å². The lowest BCUT2D eigenvalue weighted by Crippen LogP contribution is -2.25. The van der Waals surface area contributed by atoms with Crippen LogP contribution in [0.15, 0.2) is 36.4 Å². The molecule has 0 aliphatic carbocycles. The molecule has 6 nitrogen and oxygen atoms in total. The molecule has 0 aliphatic rings. The number of amides is 1. The monoisotopic (exact) mass is 367 g/mol. The van der Waals surface area contributed by atoms with Gasteiger partial charge in [0.15, 0.2) is 0 Å². The van der Waals surface area contributed by atoms with E-state index in [1.807, 2.05) is 0 Å². The lowest BCUT2D eigenvalue weighted by Gasteiger charge is -2.24. The summed E-state index contributed by atoms with van der Waals surface area (Å²) in [7, 11) is 0. The van der Waals surface area contributed by atoms with Gasteiger partial charge in [0.25, 0.3) is 0 Å². The molecular weight excluding hydrogens is 357 g/mol. The van der Waals surface area contributed by atoms with E-state index < -0.39 is 17.8 Å². The van der Waals surface area contributed by atoms with Crippen LogP contribution >= 0.6 is 23.2 Å². The molecule has 0 spiro atoms. The van der Waals surface area contributed by atoms with E-state index in [1.165, 1.54) is 25.1 Å². The Kier molecular flexibility index (Phi) is 5.11. The van der Waals surface area contributed by atoms with Gasteiger partial charge in [0.2, 0.25) is 5.91 Å². The van der Waals surface area contributed by atoms with Gasteiger partial charge in [-0.05, 0) is 36.4 Å². The average molecular weight is 368 g/mol. The van der Waals surface area contributed by atoms with E-state index in [2.05, 4.69) is 0 Å². The average Bonchev–Trinajstić information content (AvgIpc) is 2.49. The maximum atomic E-state index is 12.1. The molecule has 8 heteroatoms. The Labute approximate surface area is 146 Å². The van der Waals surface area contributed by atoms with Crippen molar-refractivity contribution in [1.82, 2.24) is 0 Å².